The van der Waals surface area contributed by atoms with Gasteiger partial charge in [-0.25, -0.2) is 0 Å². The van der Waals surface area contributed by atoms with Crippen LogP contribution in [0.5, 0.6) is 0 Å². The number of aromatic amines is 1. The number of benzene rings is 1. The molecule has 0 aliphatic rings. The second-order valence-corrected chi connectivity index (χ2v) is 4.49. The number of ketones is 1. The van der Waals surface area contributed by atoms with Crippen LogP contribution in [0.3, 0.4) is 0 Å². The Labute approximate surface area is 108 Å². The van der Waals surface area contributed by atoms with Crippen molar-refractivity contribution in [1.29, 1.82) is 0 Å². The van der Waals surface area contributed by atoms with Gasteiger partial charge in [-0.3, -0.25) is 4.79 Å². The first-order chi connectivity index (χ1) is 8.76. The van der Waals surface area contributed by atoms with Crippen molar-refractivity contribution in [1.82, 2.24) is 10.3 Å². The lowest BCUT2D eigenvalue weighted by Gasteiger charge is -2.15. The number of carbonyl (C=O) groups excluding carboxylic acids is 1. The number of likely N-dealkylation sites (N-methyl/N-ethyl adjacent to an activating group) is 1. The number of Topliss-reactive ketones (excluding diaryl/α,β-unsaturated/α-hetero) is 1. The average Bonchev–Trinajstić information content (AvgIpc) is 2.81. The summed E-state index contributed by atoms with van der Waals surface area (Å²) in [6, 6.07) is 8.13. The predicted octanol–water partition coefficient (Wildman–Crippen LogP) is 2.67. The maximum absolute atomic E-state index is 11.9. The summed E-state index contributed by atoms with van der Waals surface area (Å²) in [4.78, 5) is 15.1. The zero-order chi connectivity index (χ0) is 13.0. The summed E-state index contributed by atoms with van der Waals surface area (Å²) in [5.74, 6) is 0.280. The van der Waals surface area contributed by atoms with Crippen LogP contribution in [0.25, 0.3) is 10.9 Å². The molecule has 0 saturated carbocycles. The Hall–Kier alpha value is -1.61. The number of aromatic nitrogens is 1. The van der Waals surface area contributed by atoms with Gasteiger partial charge in [0.2, 0.25) is 0 Å². The van der Waals surface area contributed by atoms with Gasteiger partial charge >= 0.3 is 0 Å². The van der Waals surface area contributed by atoms with Gasteiger partial charge < -0.3 is 10.3 Å². The Kier molecular flexibility index (Phi) is 4.15. The predicted molar refractivity (Wildman–Crippen MR) is 74.8 cm³/mol. The molecule has 0 aliphatic heterocycles. The Morgan fingerprint density at radius 2 is 2.11 bits per heavy atom. The van der Waals surface area contributed by atoms with Crippen molar-refractivity contribution in [3.05, 3.63) is 36.0 Å². The van der Waals surface area contributed by atoms with Crippen LogP contribution >= 0.6 is 0 Å². The van der Waals surface area contributed by atoms with Crippen molar-refractivity contribution in [2.45, 2.75) is 32.7 Å². The molecule has 18 heavy (non-hydrogen) atoms. The van der Waals surface area contributed by atoms with Gasteiger partial charge in [-0.2, -0.15) is 0 Å². The van der Waals surface area contributed by atoms with E-state index in [4.69, 9.17) is 0 Å². The maximum Gasteiger partial charge on any atom is 0.149 e. The number of rotatable bonds is 6. The first kappa shape index (κ1) is 12.8. The fraction of sp³-hybridized carbons (Fsp3) is 0.400. The number of H-pyrrole nitrogens is 1. The molecular formula is C15H20N2O. The molecule has 3 heteroatoms. The monoisotopic (exact) mass is 244 g/mol. The van der Waals surface area contributed by atoms with Gasteiger partial charge in [-0.15, -0.1) is 0 Å². The van der Waals surface area contributed by atoms with Crippen LogP contribution in [0.4, 0.5) is 0 Å². The molecule has 0 radical (unpaired) electrons. The third-order valence-corrected chi connectivity index (χ3v) is 3.29. The normalized spacial score (nSPS) is 12.8. The van der Waals surface area contributed by atoms with E-state index in [-0.39, 0.29) is 11.8 Å². The topological polar surface area (TPSA) is 44.9 Å². The standard InChI is InChI=1S/C15H20N2O/c1-3-15(18)14(16-4-2)9-11-10-17-13-8-6-5-7-12(11)13/h5-8,10,14,16-17H,3-4,9H2,1-2H3. The van der Waals surface area contributed by atoms with Gasteiger partial charge in [0, 0.05) is 23.5 Å². The van der Waals surface area contributed by atoms with Crippen LogP contribution in [-0.4, -0.2) is 23.4 Å². The number of hydrogen-bond donors (Lipinski definition) is 2. The molecule has 1 aromatic heterocycles. The fourth-order valence-electron chi connectivity index (χ4n) is 2.31. The molecule has 1 atom stereocenters. The third kappa shape index (κ3) is 2.62. The molecule has 96 valence electrons. The van der Waals surface area contributed by atoms with Gasteiger partial charge in [0.15, 0.2) is 0 Å². The van der Waals surface area contributed by atoms with E-state index < -0.39 is 0 Å². The van der Waals surface area contributed by atoms with Crippen molar-refractivity contribution in [3.8, 4) is 0 Å². The molecule has 0 spiro atoms. The Balaban J connectivity index is 2.23. The number of hydrogen-bond acceptors (Lipinski definition) is 2. The highest BCUT2D eigenvalue weighted by molar-refractivity contribution is 5.87. The van der Waals surface area contributed by atoms with Crippen LogP contribution in [0.2, 0.25) is 0 Å². The van der Waals surface area contributed by atoms with Gasteiger partial charge in [0.05, 0.1) is 6.04 Å². The molecule has 0 bridgehead atoms. The molecule has 2 aromatic rings. The minimum Gasteiger partial charge on any atom is -0.361 e. The molecule has 2 rings (SSSR count). The summed E-state index contributed by atoms with van der Waals surface area (Å²) in [5.41, 5.74) is 2.34. The van der Waals surface area contributed by atoms with E-state index in [2.05, 4.69) is 22.4 Å². The van der Waals surface area contributed by atoms with Crippen molar-refractivity contribution >= 4 is 16.7 Å². The zero-order valence-electron chi connectivity index (χ0n) is 11.0. The molecule has 0 amide bonds. The van der Waals surface area contributed by atoms with Crippen LogP contribution in [-0.2, 0) is 11.2 Å². The van der Waals surface area contributed by atoms with Gasteiger partial charge in [0.25, 0.3) is 0 Å². The largest absolute Gasteiger partial charge is 0.361 e. The Bertz CT molecular complexity index is 530. The summed E-state index contributed by atoms with van der Waals surface area (Å²) >= 11 is 0. The highest BCUT2D eigenvalue weighted by Gasteiger charge is 2.17. The molecule has 1 heterocycles. The first-order valence-corrected chi connectivity index (χ1v) is 6.57. The van der Waals surface area contributed by atoms with E-state index in [1.54, 1.807) is 0 Å². The van der Waals surface area contributed by atoms with Crippen molar-refractivity contribution in [3.63, 3.8) is 0 Å². The summed E-state index contributed by atoms with van der Waals surface area (Å²) in [6.45, 7) is 4.77. The van der Waals surface area contributed by atoms with Crippen molar-refractivity contribution in [2.24, 2.45) is 0 Å². The van der Waals surface area contributed by atoms with Crippen LogP contribution in [0.1, 0.15) is 25.8 Å². The maximum atomic E-state index is 11.9. The minimum atomic E-state index is -0.0702. The van der Waals surface area contributed by atoms with E-state index in [1.807, 2.05) is 32.2 Å². The van der Waals surface area contributed by atoms with Gasteiger partial charge in [-0.1, -0.05) is 32.0 Å². The highest BCUT2D eigenvalue weighted by atomic mass is 16.1. The molecule has 0 aliphatic carbocycles. The van der Waals surface area contributed by atoms with Gasteiger partial charge in [-0.05, 0) is 24.6 Å². The molecule has 0 fully saturated rings. The summed E-state index contributed by atoms with van der Waals surface area (Å²) in [6.07, 6.45) is 3.35. The van der Waals surface area contributed by atoms with E-state index in [0.717, 1.165) is 18.5 Å². The van der Waals surface area contributed by atoms with E-state index in [0.29, 0.717) is 6.42 Å². The molecule has 0 saturated heterocycles. The SMILES string of the molecule is CCNC(Cc1c[nH]c2ccccc12)C(=O)CC. The second-order valence-electron chi connectivity index (χ2n) is 4.49. The van der Waals surface area contributed by atoms with E-state index in [9.17, 15) is 4.79 Å². The van der Waals surface area contributed by atoms with Crippen LogP contribution in [0, 0.1) is 0 Å². The van der Waals surface area contributed by atoms with Crippen molar-refractivity contribution < 1.29 is 4.79 Å². The third-order valence-electron chi connectivity index (χ3n) is 3.29. The molecule has 2 N–H and O–H groups in total. The number of nitrogens with one attached hydrogen (secondary N) is 2. The Morgan fingerprint density at radius 1 is 1.33 bits per heavy atom. The zero-order valence-corrected chi connectivity index (χ0v) is 11.0. The van der Waals surface area contributed by atoms with Crippen LogP contribution in [0.15, 0.2) is 30.5 Å². The lowest BCUT2D eigenvalue weighted by molar-refractivity contribution is -0.120. The summed E-state index contributed by atoms with van der Waals surface area (Å²) in [7, 11) is 0. The van der Waals surface area contributed by atoms with Gasteiger partial charge in [0.1, 0.15) is 5.78 Å². The fourth-order valence-corrected chi connectivity index (χ4v) is 2.31. The smallest absolute Gasteiger partial charge is 0.149 e. The quantitative estimate of drug-likeness (QED) is 0.820. The molecule has 1 aromatic carbocycles. The number of carbonyl (C=O) groups is 1. The second kappa shape index (κ2) is 5.83. The lowest BCUT2D eigenvalue weighted by Crippen LogP contribution is -2.38. The molecular weight excluding hydrogens is 224 g/mol. The molecule has 1 unspecified atom stereocenters. The minimum absolute atomic E-state index is 0.0702. The number of para-hydroxylation sites is 1. The summed E-state index contributed by atoms with van der Waals surface area (Å²) in [5, 5.41) is 4.49. The Morgan fingerprint density at radius 3 is 2.83 bits per heavy atom. The highest BCUT2D eigenvalue weighted by Crippen LogP contribution is 2.19. The average molecular weight is 244 g/mol. The van der Waals surface area contributed by atoms with Crippen molar-refractivity contribution in [2.75, 3.05) is 6.54 Å². The number of fused-ring (bicyclic) bond motifs is 1. The van der Waals surface area contributed by atoms with Crippen LogP contribution < -0.4 is 5.32 Å². The summed E-state index contributed by atoms with van der Waals surface area (Å²) < 4.78 is 0. The molecule has 3 nitrogen and oxygen atoms in total. The first-order valence-electron chi connectivity index (χ1n) is 6.57. The van der Waals surface area contributed by atoms with E-state index in [1.165, 1.54) is 10.9 Å². The lowest BCUT2D eigenvalue weighted by atomic mass is 10.0. The van der Waals surface area contributed by atoms with E-state index >= 15 is 0 Å².